The van der Waals surface area contributed by atoms with Gasteiger partial charge in [0, 0.05) is 5.69 Å². The second kappa shape index (κ2) is 5.96. The molecule has 0 bridgehead atoms. The van der Waals surface area contributed by atoms with Gasteiger partial charge >= 0.3 is 0 Å². The summed E-state index contributed by atoms with van der Waals surface area (Å²) in [6.45, 7) is 3.83. The Labute approximate surface area is 138 Å². The Hall–Kier alpha value is -2.89. The van der Waals surface area contributed by atoms with Crippen molar-refractivity contribution in [3.05, 3.63) is 53.8 Å². The number of rotatable bonds is 2. The van der Waals surface area contributed by atoms with Crippen molar-refractivity contribution in [1.82, 2.24) is 0 Å². The molecule has 24 heavy (non-hydrogen) atoms. The summed E-state index contributed by atoms with van der Waals surface area (Å²) in [5.41, 5.74) is 0.201. The first-order valence-electron chi connectivity index (χ1n) is 7.51. The molecule has 2 aromatic rings. The lowest BCUT2D eigenvalue weighted by atomic mass is 9.94. The average Bonchev–Trinajstić information content (AvgIpc) is 2.64. The van der Waals surface area contributed by atoms with Crippen LogP contribution in [0.25, 0.3) is 0 Å². The largest absolute Gasteiger partial charge is 0.490 e. The van der Waals surface area contributed by atoms with E-state index in [0.717, 1.165) is 0 Å². The lowest BCUT2D eigenvalue weighted by Gasteiger charge is -2.18. The lowest BCUT2D eigenvalue weighted by Crippen LogP contribution is -2.33. The predicted octanol–water partition coefficient (Wildman–Crippen LogP) is 3.44. The van der Waals surface area contributed by atoms with Gasteiger partial charge in [0.1, 0.15) is 18.2 Å². The standard InChI is InChI=1S/C18H17FN2O3/c1-18(2)10-24-15-8-7-11(9-14(15)21-17(18)23)20-16(22)12-5-3-4-6-13(12)19/h3-9H,10H2,1-2H3,(H,20,22)(H,21,23). The molecule has 1 aliphatic rings. The van der Waals surface area contributed by atoms with E-state index in [4.69, 9.17) is 4.74 Å². The predicted molar refractivity (Wildman–Crippen MR) is 88.7 cm³/mol. The number of halogens is 1. The van der Waals surface area contributed by atoms with Gasteiger partial charge in [-0.25, -0.2) is 4.39 Å². The molecule has 1 aliphatic heterocycles. The Bertz CT molecular complexity index is 818. The molecule has 0 saturated heterocycles. The maximum Gasteiger partial charge on any atom is 0.258 e. The van der Waals surface area contributed by atoms with Crippen LogP contribution in [-0.2, 0) is 4.79 Å². The van der Waals surface area contributed by atoms with Gasteiger partial charge in [0.05, 0.1) is 16.7 Å². The highest BCUT2D eigenvalue weighted by Crippen LogP contribution is 2.34. The topological polar surface area (TPSA) is 67.4 Å². The maximum absolute atomic E-state index is 13.7. The minimum absolute atomic E-state index is 0.0474. The quantitative estimate of drug-likeness (QED) is 0.887. The number of anilines is 2. The monoisotopic (exact) mass is 328 g/mol. The van der Waals surface area contributed by atoms with Crippen molar-refractivity contribution in [2.45, 2.75) is 13.8 Å². The molecule has 6 heteroatoms. The number of carbonyl (C=O) groups is 2. The van der Waals surface area contributed by atoms with Crippen molar-refractivity contribution in [3.63, 3.8) is 0 Å². The van der Waals surface area contributed by atoms with Gasteiger partial charge < -0.3 is 15.4 Å². The van der Waals surface area contributed by atoms with Crippen molar-refractivity contribution in [2.75, 3.05) is 17.2 Å². The molecule has 1 heterocycles. The normalized spacial score (nSPS) is 15.5. The van der Waals surface area contributed by atoms with E-state index in [1.807, 2.05) is 0 Å². The van der Waals surface area contributed by atoms with Gasteiger partial charge in [-0.3, -0.25) is 9.59 Å². The highest BCUT2D eigenvalue weighted by atomic mass is 19.1. The second-order valence-electron chi connectivity index (χ2n) is 6.27. The van der Waals surface area contributed by atoms with E-state index >= 15 is 0 Å². The van der Waals surface area contributed by atoms with E-state index in [-0.39, 0.29) is 18.1 Å². The fourth-order valence-corrected chi connectivity index (χ4v) is 2.29. The second-order valence-corrected chi connectivity index (χ2v) is 6.27. The smallest absolute Gasteiger partial charge is 0.258 e. The summed E-state index contributed by atoms with van der Waals surface area (Å²) >= 11 is 0. The number of amides is 2. The Morgan fingerprint density at radius 2 is 2.00 bits per heavy atom. The number of benzene rings is 2. The van der Waals surface area contributed by atoms with E-state index in [9.17, 15) is 14.0 Å². The van der Waals surface area contributed by atoms with Crippen LogP contribution in [0.15, 0.2) is 42.5 Å². The first-order chi connectivity index (χ1) is 11.4. The molecule has 0 fully saturated rings. The van der Waals surface area contributed by atoms with Crippen LogP contribution in [0.1, 0.15) is 24.2 Å². The molecular weight excluding hydrogens is 311 g/mol. The summed E-state index contributed by atoms with van der Waals surface area (Å²) in [4.78, 5) is 24.3. The van der Waals surface area contributed by atoms with Gasteiger partial charge in [-0.2, -0.15) is 0 Å². The molecule has 0 radical (unpaired) electrons. The third kappa shape index (κ3) is 3.08. The van der Waals surface area contributed by atoms with Crippen molar-refractivity contribution in [3.8, 4) is 5.75 Å². The Kier molecular flexibility index (Phi) is 3.97. The molecule has 5 nitrogen and oxygen atoms in total. The Morgan fingerprint density at radius 1 is 1.25 bits per heavy atom. The first kappa shape index (κ1) is 16.0. The van der Waals surface area contributed by atoms with Crippen molar-refractivity contribution >= 4 is 23.2 Å². The lowest BCUT2D eigenvalue weighted by molar-refractivity contribution is -0.124. The van der Waals surface area contributed by atoms with Gasteiger partial charge in [0.25, 0.3) is 5.91 Å². The fourth-order valence-electron chi connectivity index (χ4n) is 2.29. The molecule has 3 rings (SSSR count). The van der Waals surface area contributed by atoms with Gasteiger partial charge in [-0.05, 0) is 44.2 Å². The first-order valence-corrected chi connectivity index (χ1v) is 7.51. The minimum Gasteiger partial charge on any atom is -0.490 e. The molecule has 0 spiro atoms. The van der Waals surface area contributed by atoms with Gasteiger partial charge in [0.2, 0.25) is 5.91 Å². The van der Waals surface area contributed by atoms with Gasteiger partial charge in [-0.15, -0.1) is 0 Å². The molecule has 124 valence electrons. The third-order valence-corrected chi connectivity index (χ3v) is 3.81. The van der Waals surface area contributed by atoms with Crippen LogP contribution in [-0.4, -0.2) is 18.4 Å². The molecule has 2 aromatic carbocycles. The number of hydrogen-bond acceptors (Lipinski definition) is 3. The highest BCUT2D eigenvalue weighted by molar-refractivity contribution is 6.05. The van der Waals surface area contributed by atoms with Crippen molar-refractivity contribution in [1.29, 1.82) is 0 Å². The van der Waals surface area contributed by atoms with Crippen LogP contribution in [0.5, 0.6) is 5.75 Å². The summed E-state index contributed by atoms with van der Waals surface area (Å²) in [5.74, 6) is -0.797. The highest BCUT2D eigenvalue weighted by Gasteiger charge is 2.32. The molecular formula is C18H17FN2O3. The number of nitrogens with one attached hydrogen (secondary N) is 2. The van der Waals surface area contributed by atoms with E-state index in [1.54, 1.807) is 38.1 Å². The zero-order valence-electron chi connectivity index (χ0n) is 13.4. The Morgan fingerprint density at radius 3 is 2.75 bits per heavy atom. The average molecular weight is 328 g/mol. The van der Waals surface area contributed by atoms with E-state index in [1.165, 1.54) is 18.2 Å². The molecule has 2 amide bonds. The molecule has 0 aliphatic carbocycles. The van der Waals surface area contributed by atoms with Gasteiger partial charge in [-0.1, -0.05) is 12.1 Å². The number of fused-ring (bicyclic) bond motifs is 1. The van der Waals surface area contributed by atoms with Crippen LogP contribution in [0.4, 0.5) is 15.8 Å². The van der Waals surface area contributed by atoms with Crippen molar-refractivity contribution in [2.24, 2.45) is 5.41 Å². The Balaban J connectivity index is 1.84. The van der Waals surface area contributed by atoms with Crippen LogP contribution in [0.2, 0.25) is 0 Å². The fraction of sp³-hybridized carbons (Fsp3) is 0.222. The summed E-state index contributed by atoms with van der Waals surface area (Å²) in [6.07, 6.45) is 0. The van der Waals surface area contributed by atoms with Gasteiger partial charge in [0.15, 0.2) is 0 Å². The molecule has 0 unspecified atom stereocenters. The number of hydrogen-bond donors (Lipinski definition) is 2. The van der Waals surface area contributed by atoms with E-state index in [2.05, 4.69) is 10.6 Å². The zero-order chi connectivity index (χ0) is 17.3. The number of ether oxygens (including phenoxy) is 1. The van der Waals surface area contributed by atoms with Crippen LogP contribution in [0.3, 0.4) is 0 Å². The maximum atomic E-state index is 13.7. The minimum atomic E-state index is -0.657. The van der Waals surface area contributed by atoms with Crippen LogP contribution < -0.4 is 15.4 Å². The SMILES string of the molecule is CC1(C)COc2ccc(NC(=O)c3ccccc3F)cc2NC1=O. The summed E-state index contributed by atoms with van der Waals surface area (Å²) < 4.78 is 19.3. The van der Waals surface area contributed by atoms with Crippen LogP contribution in [0, 0.1) is 11.2 Å². The zero-order valence-corrected chi connectivity index (χ0v) is 13.4. The molecule has 0 atom stereocenters. The summed E-state index contributed by atoms with van der Waals surface area (Å²) in [5, 5.41) is 5.41. The van der Waals surface area contributed by atoms with E-state index in [0.29, 0.717) is 17.1 Å². The molecule has 0 aromatic heterocycles. The van der Waals surface area contributed by atoms with Crippen LogP contribution >= 0.6 is 0 Å². The number of carbonyl (C=O) groups excluding carboxylic acids is 2. The molecule has 2 N–H and O–H groups in total. The third-order valence-electron chi connectivity index (χ3n) is 3.81. The summed E-state index contributed by atoms with van der Waals surface area (Å²) in [6, 6.07) is 10.6. The molecule has 0 saturated carbocycles. The van der Waals surface area contributed by atoms with Crippen molar-refractivity contribution < 1.29 is 18.7 Å². The van der Waals surface area contributed by atoms with E-state index < -0.39 is 17.1 Å². The summed E-state index contributed by atoms with van der Waals surface area (Å²) in [7, 11) is 0.